The highest BCUT2D eigenvalue weighted by molar-refractivity contribution is 6.20. The fourth-order valence-corrected chi connectivity index (χ4v) is 3.07. The summed E-state index contributed by atoms with van der Waals surface area (Å²) in [6.45, 7) is 0.482. The van der Waals surface area contributed by atoms with Crippen LogP contribution in [0.15, 0.2) is 53.3 Å². The van der Waals surface area contributed by atoms with Gasteiger partial charge in [-0.15, -0.1) is 0 Å². The molecule has 1 aromatic carbocycles. The molecule has 1 heterocycles. The minimum Gasteiger partial charge on any atom is -0.465 e. The van der Waals surface area contributed by atoms with Gasteiger partial charge in [0, 0.05) is 5.70 Å². The Morgan fingerprint density at radius 1 is 1.23 bits per heavy atom. The highest BCUT2D eigenvalue weighted by Gasteiger charge is 2.39. The number of methoxy groups -OCH3 is 1. The molecule has 0 N–H and O–H groups in total. The lowest BCUT2D eigenvalue weighted by atomic mass is 10.0. The first-order valence-corrected chi connectivity index (χ1v) is 7.60. The molecule has 0 radical (unpaired) electrons. The third kappa shape index (κ3) is 2.56. The molecule has 22 heavy (non-hydrogen) atoms. The second kappa shape index (κ2) is 6.18. The number of benzene rings is 1. The van der Waals surface area contributed by atoms with Crippen LogP contribution in [0.4, 0.5) is 0 Å². The number of esters is 1. The Labute approximate surface area is 130 Å². The molecule has 1 aliphatic heterocycles. The van der Waals surface area contributed by atoms with Gasteiger partial charge in [0.25, 0.3) is 5.91 Å². The number of amides is 1. The summed E-state index contributed by atoms with van der Waals surface area (Å²) in [5.74, 6) is -0.762. The minimum absolute atomic E-state index is 0.214. The van der Waals surface area contributed by atoms with Crippen LogP contribution >= 0.6 is 0 Å². The lowest BCUT2D eigenvalue weighted by Gasteiger charge is -2.19. The van der Waals surface area contributed by atoms with E-state index in [0.717, 1.165) is 42.5 Å². The van der Waals surface area contributed by atoms with Crippen molar-refractivity contribution in [1.82, 2.24) is 4.90 Å². The number of fused-ring (bicyclic) bond motifs is 1. The second-order valence-electron chi connectivity index (χ2n) is 5.56. The summed E-state index contributed by atoms with van der Waals surface area (Å²) in [5.41, 5.74) is 3.01. The van der Waals surface area contributed by atoms with E-state index in [9.17, 15) is 9.59 Å². The molecule has 114 valence electrons. The number of allylic oxidation sites excluding steroid dienone is 2. The van der Waals surface area contributed by atoms with Crippen LogP contribution in [0.2, 0.25) is 0 Å². The van der Waals surface area contributed by atoms with Crippen LogP contribution in [0.5, 0.6) is 0 Å². The normalized spacial score (nSPS) is 18.0. The maximum atomic E-state index is 12.7. The molecule has 1 aromatic rings. The van der Waals surface area contributed by atoms with E-state index in [1.54, 1.807) is 4.90 Å². The maximum Gasteiger partial charge on any atom is 0.343 e. The molecule has 0 bridgehead atoms. The van der Waals surface area contributed by atoms with Crippen molar-refractivity contribution in [3.05, 3.63) is 58.8 Å². The minimum atomic E-state index is -0.525. The molecule has 0 spiro atoms. The Morgan fingerprint density at radius 2 is 2.00 bits per heavy atom. The molecule has 0 saturated heterocycles. The lowest BCUT2D eigenvalue weighted by Crippen LogP contribution is -2.27. The Morgan fingerprint density at radius 3 is 2.73 bits per heavy atom. The summed E-state index contributed by atoms with van der Waals surface area (Å²) >= 11 is 0. The zero-order valence-electron chi connectivity index (χ0n) is 12.7. The van der Waals surface area contributed by atoms with Crippen LogP contribution in [0, 0.1) is 0 Å². The fourth-order valence-electron chi connectivity index (χ4n) is 3.07. The van der Waals surface area contributed by atoms with Crippen molar-refractivity contribution in [2.45, 2.75) is 32.2 Å². The van der Waals surface area contributed by atoms with Crippen LogP contribution < -0.4 is 0 Å². The molecular formula is C18H19NO3. The molecule has 0 fully saturated rings. The van der Waals surface area contributed by atoms with Crippen molar-refractivity contribution >= 4 is 11.9 Å². The van der Waals surface area contributed by atoms with E-state index >= 15 is 0 Å². The highest BCUT2D eigenvalue weighted by Crippen LogP contribution is 2.37. The zero-order chi connectivity index (χ0) is 15.5. The van der Waals surface area contributed by atoms with E-state index in [1.807, 2.05) is 30.3 Å². The van der Waals surface area contributed by atoms with Crippen molar-refractivity contribution < 1.29 is 14.3 Å². The van der Waals surface area contributed by atoms with Gasteiger partial charge in [-0.05, 0) is 36.8 Å². The molecule has 0 atom stereocenters. The molecule has 1 aliphatic carbocycles. The topological polar surface area (TPSA) is 46.6 Å². The van der Waals surface area contributed by atoms with Gasteiger partial charge in [-0.1, -0.05) is 36.4 Å². The summed E-state index contributed by atoms with van der Waals surface area (Å²) in [7, 11) is 1.32. The molecule has 0 unspecified atom stereocenters. The van der Waals surface area contributed by atoms with E-state index in [2.05, 4.69) is 6.08 Å². The number of hydrogen-bond donors (Lipinski definition) is 0. The average Bonchev–Trinajstić information content (AvgIpc) is 2.71. The predicted octanol–water partition coefficient (Wildman–Crippen LogP) is 2.96. The van der Waals surface area contributed by atoms with Gasteiger partial charge in [0.2, 0.25) is 0 Å². The van der Waals surface area contributed by atoms with E-state index in [4.69, 9.17) is 4.74 Å². The first-order valence-electron chi connectivity index (χ1n) is 7.60. The summed E-state index contributed by atoms with van der Waals surface area (Å²) in [6.07, 6.45) is 5.84. The van der Waals surface area contributed by atoms with Gasteiger partial charge in [0.1, 0.15) is 5.57 Å². The Bertz CT molecular complexity index is 658. The van der Waals surface area contributed by atoms with Crippen LogP contribution in [0.3, 0.4) is 0 Å². The maximum absolute atomic E-state index is 12.7. The van der Waals surface area contributed by atoms with Crippen molar-refractivity contribution in [1.29, 1.82) is 0 Å². The van der Waals surface area contributed by atoms with Gasteiger partial charge < -0.3 is 9.64 Å². The third-order valence-corrected chi connectivity index (χ3v) is 4.15. The van der Waals surface area contributed by atoms with Crippen LogP contribution in [-0.4, -0.2) is 23.9 Å². The van der Waals surface area contributed by atoms with Crippen LogP contribution in [0.25, 0.3) is 0 Å². The second-order valence-corrected chi connectivity index (χ2v) is 5.56. The van der Waals surface area contributed by atoms with Crippen LogP contribution in [-0.2, 0) is 20.9 Å². The van der Waals surface area contributed by atoms with Crippen molar-refractivity contribution in [3.63, 3.8) is 0 Å². The molecular weight excluding hydrogens is 278 g/mol. The Hall–Kier alpha value is -2.36. The Balaban J connectivity index is 1.97. The fraction of sp³-hybridized carbons (Fsp3) is 0.333. The summed E-state index contributed by atoms with van der Waals surface area (Å²) < 4.78 is 4.82. The Kier molecular flexibility index (Phi) is 4.09. The van der Waals surface area contributed by atoms with Gasteiger partial charge in [0.15, 0.2) is 0 Å². The molecule has 4 heteroatoms. The predicted molar refractivity (Wildman–Crippen MR) is 82.6 cm³/mol. The monoisotopic (exact) mass is 297 g/mol. The number of rotatable bonds is 3. The number of ether oxygens (including phenoxy) is 1. The van der Waals surface area contributed by atoms with E-state index < -0.39 is 5.97 Å². The average molecular weight is 297 g/mol. The molecule has 4 nitrogen and oxygen atoms in total. The van der Waals surface area contributed by atoms with Crippen LogP contribution in [0.1, 0.15) is 31.2 Å². The summed E-state index contributed by atoms with van der Waals surface area (Å²) in [4.78, 5) is 26.5. The first-order chi connectivity index (χ1) is 10.7. The number of carbonyl (C=O) groups is 2. The summed E-state index contributed by atoms with van der Waals surface area (Å²) in [6, 6.07) is 9.82. The van der Waals surface area contributed by atoms with Gasteiger partial charge in [-0.25, -0.2) is 4.79 Å². The molecule has 0 saturated carbocycles. The smallest absolute Gasteiger partial charge is 0.343 e. The third-order valence-electron chi connectivity index (χ3n) is 4.15. The highest BCUT2D eigenvalue weighted by atomic mass is 16.5. The number of hydrogen-bond acceptors (Lipinski definition) is 3. The quantitative estimate of drug-likeness (QED) is 0.636. The molecule has 0 aromatic heterocycles. The van der Waals surface area contributed by atoms with Gasteiger partial charge >= 0.3 is 5.97 Å². The number of nitrogens with zero attached hydrogens (tertiary/aromatic N) is 1. The zero-order valence-corrected chi connectivity index (χ0v) is 12.7. The lowest BCUT2D eigenvalue weighted by molar-refractivity contribution is -0.139. The largest absolute Gasteiger partial charge is 0.465 e. The summed E-state index contributed by atoms with van der Waals surface area (Å²) in [5, 5.41) is 0. The first kappa shape index (κ1) is 14.6. The van der Waals surface area contributed by atoms with E-state index in [1.165, 1.54) is 7.11 Å². The molecule has 3 rings (SSSR count). The van der Waals surface area contributed by atoms with Crippen molar-refractivity contribution in [2.75, 3.05) is 7.11 Å². The standard InChI is InChI=1S/C18H19NO3/c1-22-18(21)16-14-10-6-3-7-11-15(14)19(17(16)20)12-13-8-4-2-5-9-13/h2,4-5,8-9,11H,3,6-7,10,12H2,1H3. The van der Waals surface area contributed by atoms with Gasteiger partial charge in [0.05, 0.1) is 13.7 Å². The van der Waals surface area contributed by atoms with Crippen molar-refractivity contribution in [2.24, 2.45) is 0 Å². The van der Waals surface area contributed by atoms with Gasteiger partial charge in [-0.2, -0.15) is 0 Å². The van der Waals surface area contributed by atoms with Crippen molar-refractivity contribution in [3.8, 4) is 0 Å². The SMILES string of the molecule is COC(=O)C1=C2CCCCC=C2N(Cc2ccccc2)C1=O. The van der Waals surface area contributed by atoms with Gasteiger partial charge in [-0.3, -0.25) is 4.79 Å². The van der Waals surface area contributed by atoms with E-state index in [0.29, 0.717) is 6.54 Å². The molecule has 2 aliphatic rings. The van der Waals surface area contributed by atoms with E-state index in [-0.39, 0.29) is 11.5 Å². The molecule has 1 amide bonds. The number of carbonyl (C=O) groups excluding carboxylic acids is 2.